The average molecular weight is 350 g/mol. The summed E-state index contributed by atoms with van der Waals surface area (Å²) >= 11 is 1.31. The molecule has 0 amide bonds. The first-order valence-electron chi connectivity index (χ1n) is 7.79. The third-order valence-electron chi connectivity index (χ3n) is 3.59. The first-order chi connectivity index (χ1) is 12.2. The molecule has 6 nitrogen and oxygen atoms in total. The molecule has 3 aromatic heterocycles. The molecule has 0 saturated heterocycles. The zero-order chi connectivity index (χ0) is 17.2. The number of fused-ring (bicyclic) bond motifs is 1. The summed E-state index contributed by atoms with van der Waals surface area (Å²) in [7, 11) is 0. The van der Waals surface area contributed by atoms with Crippen molar-refractivity contribution in [2.75, 3.05) is 6.61 Å². The van der Waals surface area contributed by atoms with Crippen molar-refractivity contribution in [3.63, 3.8) is 0 Å². The lowest BCUT2D eigenvalue weighted by atomic mass is 10.2. The molecule has 3 heterocycles. The Morgan fingerprint density at radius 1 is 1.24 bits per heavy atom. The molecule has 0 saturated carbocycles. The molecule has 124 valence electrons. The monoisotopic (exact) mass is 350 g/mol. The van der Waals surface area contributed by atoms with E-state index in [1.807, 2.05) is 43.3 Å². The highest BCUT2D eigenvalue weighted by Gasteiger charge is 2.12. The molecule has 0 radical (unpaired) electrons. The van der Waals surface area contributed by atoms with Crippen LogP contribution in [-0.2, 0) is 0 Å². The van der Waals surface area contributed by atoms with Crippen molar-refractivity contribution in [1.29, 1.82) is 0 Å². The molecule has 1 aromatic carbocycles. The van der Waals surface area contributed by atoms with E-state index < -0.39 is 0 Å². The maximum atomic E-state index is 12.5. The lowest BCUT2D eigenvalue weighted by Gasteiger charge is -2.02. The van der Waals surface area contributed by atoms with Crippen molar-refractivity contribution >= 4 is 22.4 Å². The second kappa shape index (κ2) is 6.45. The van der Waals surface area contributed by atoms with E-state index in [-0.39, 0.29) is 5.56 Å². The third-order valence-corrected chi connectivity index (χ3v) is 4.55. The Morgan fingerprint density at radius 2 is 2.08 bits per heavy atom. The Kier molecular flexibility index (Phi) is 3.99. The Labute approximate surface area is 147 Å². The second-order valence-corrected chi connectivity index (χ2v) is 6.30. The van der Waals surface area contributed by atoms with Crippen molar-refractivity contribution in [3.05, 3.63) is 69.2 Å². The van der Waals surface area contributed by atoms with Crippen LogP contribution < -0.4 is 14.8 Å². The van der Waals surface area contributed by atoms with Gasteiger partial charge in [0.25, 0.3) is 5.56 Å². The van der Waals surface area contributed by atoms with Crippen LogP contribution in [0.1, 0.15) is 12.5 Å². The topological polar surface area (TPSA) is 69.4 Å². The van der Waals surface area contributed by atoms with Crippen molar-refractivity contribution in [3.8, 4) is 17.1 Å². The van der Waals surface area contributed by atoms with E-state index in [1.54, 1.807) is 18.5 Å². The van der Waals surface area contributed by atoms with Crippen LogP contribution in [0, 0.1) is 0 Å². The number of rotatable bonds is 4. The Bertz CT molecular complexity index is 1120. The molecule has 0 bridgehead atoms. The minimum atomic E-state index is -0.173. The van der Waals surface area contributed by atoms with Gasteiger partial charge in [0, 0.05) is 18.0 Å². The zero-order valence-corrected chi connectivity index (χ0v) is 14.2. The summed E-state index contributed by atoms with van der Waals surface area (Å²) in [6.45, 7) is 2.56. The van der Waals surface area contributed by atoms with Crippen LogP contribution in [0.15, 0.2) is 53.6 Å². The SMILES string of the molecule is CCOc1ccc(-c2nc3s/c(=C/c4cccnc4)c(=O)n3n2)cc1. The van der Waals surface area contributed by atoms with Crippen molar-refractivity contribution < 1.29 is 4.74 Å². The number of hydrogen-bond acceptors (Lipinski definition) is 6. The van der Waals surface area contributed by atoms with Crippen molar-refractivity contribution in [2.24, 2.45) is 0 Å². The normalized spacial score (nSPS) is 12.0. The van der Waals surface area contributed by atoms with E-state index in [0.717, 1.165) is 16.9 Å². The first-order valence-corrected chi connectivity index (χ1v) is 8.61. The lowest BCUT2D eigenvalue weighted by molar-refractivity contribution is 0.340. The predicted octanol–water partition coefficient (Wildman–Crippen LogP) is 2.16. The highest BCUT2D eigenvalue weighted by molar-refractivity contribution is 7.15. The standard InChI is InChI=1S/C18H14N4O2S/c1-2-24-14-7-5-13(6-8-14)16-20-18-22(21-16)17(23)15(25-18)10-12-4-3-9-19-11-12/h3-11H,2H2,1H3/b15-10+. The highest BCUT2D eigenvalue weighted by Crippen LogP contribution is 2.20. The molecule has 25 heavy (non-hydrogen) atoms. The lowest BCUT2D eigenvalue weighted by Crippen LogP contribution is -2.23. The number of benzene rings is 1. The van der Waals surface area contributed by atoms with Gasteiger partial charge in [-0.1, -0.05) is 17.4 Å². The Morgan fingerprint density at radius 3 is 2.76 bits per heavy atom. The van der Waals surface area contributed by atoms with Crippen molar-refractivity contribution in [1.82, 2.24) is 19.6 Å². The van der Waals surface area contributed by atoms with Gasteiger partial charge >= 0.3 is 0 Å². The molecule has 7 heteroatoms. The van der Waals surface area contributed by atoms with E-state index in [2.05, 4.69) is 15.1 Å². The van der Waals surface area contributed by atoms with Crippen LogP contribution >= 0.6 is 11.3 Å². The Balaban J connectivity index is 1.73. The van der Waals surface area contributed by atoms with Gasteiger partial charge in [0.05, 0.1) is 11.1 Å². The van der Waals surface area contributed by atoms with Crippen LogP contribution in [0.25, 0.3) is 22.4 Å². The molecule has 4 rings (SSSR count). The van der Waals surface area contributed by atoms with E-state index in [9.17, 15) is 4.79 Å². The van der Waals surface area contributed by atoms with E-state index in [1.165, 1.54) is 15.9 Å². The van der Waals surface area contributed by atoms with Crippen molar-refractivity contribution in [2.45, 2.75) is 6.92 Å². The predicted molar refractivity (Wildman–Crippen MR) is 96.8 cm³/mol. The van der Waals surface area contributed by atoms with Crippen LogP contribution in [0.4, 0.5) is 0 Å². The van der Waals surface area contributed by atoms with Crippen LogP contribution in [0.3, 0.4) is 0 Å². The van der Waals surface area contributed by atoms with Gasteiger partial charge in [-0.15, -0.1) is 5.10 Å². The van der Waals surface area contributed by atoms with Crippen LogP contribution in [0.2, 0.25) is 0 Å². The minimum Gasteiger partial charge on any atom is -0.494 e. The summed E-state index contributed by atoms with van der Waals surface area (Å²) in [6.07, 6.45) is 5.20. The molecule has 0 aliphatic rings. The fraction of sp³-hybridized carbons (Fsp3) is 0.111. The number of aromatic nitrogens is 4. The van der Waals surface area contributed by atoms with Gasteiger partial charge in [0.15, 0.2) is 5.82 Å². The molecule has 0 N–H and O–H groups in total. The molecule has 0 spiro atoms. The molecule has 0 aliphatic heterocycles. The zero-order valence-electron chi connectivity index (χ0n) is 13.4. The minimum absolute atomic E-state index is 0.173. The largest absolute Gasteiger partial charge is 0.494 e. The number of nitrogens with zero attached hydrogens (tertiary/aromatic N) is 4. The summed E-state index contributed by atoms with van der Waals surface area (Å²) in [6, 6.07) is 11.2. The van der Waals surface area contributed by atoms with Crippen LogP contribution in [0.5, 0.6) is 5.75 Å². The molecule has 0 fully saturated rings. The van der Waals surface area contributed by atoms with Gasteiger partial charge in [-0.05, 0) is 48.9 Å². The van der Waals surface area contributed by atoms with Gasteiger partial charge in [-0.3, -0.25) is 9.78 Å². The first kappa shape index (κ1) is 15.5. The molecule has 4 aromatic rings. The van der Waals surface area contributed by atoms with Gasteiger partial charge in [0.2, 0.25) is 4.96 Å². The number of ether oxygens (including phenoxy) is 1. The van der Waals surface area contributed by atoms with Gasteiger partial charge in [-0.2, -0.15) is 9.50 Å². The van der Waals surface area contributed by atoms with E-state index >= 15 is 0 Å². The maximum absolute atomic E-state index is 12.5. The van der Waals surface area contributed by atoms with Gasteiger partial charge in [-0.25, -0.2) is 0 Å². The number of thiazole rings is 1. The summed E-state index contributed by atoms with van der Waals surface area (Å²) in [5.74, 6) is 1.32. The fourth-order valence-electron chi connectivity index (χ4n) is 2.44. The average Bonchev–Trinajstić information content (AvgIpc) is 3.17. The third kappa shape index (κ3) is 3.01. The molecular weight excluding hydrogens is 336 g/mol. The Hall–Kier alpha value is -3.06. The van der Waals surface area contributed by atoms with Gasteiger partial charge < -0.3 is 4.74 Å². The summed E-state index contributed by atoms with van der Waals surface area (Å²) in [5.41, 5.74) is 1.54. The number of hydrogen-bond donors (Lipinski definition) is 0. The highest BCUT2D eigenvalue weighted by atomic mass is 32.1. The quantitative estimate of drug-likeness (QED) is 0.564. The molecular formula is C18H14N4O2S. The molecule has 0 unspecified atom stereocenters. The van der Waals surface area contributed by atoms with E-state index in [4.69, 9.17) is 4.74 Å². The fourth-order valence-corrected chi connectivity index (χ4v) is 3.34. The second-order valence-electron chi connectivity index (χ2n) is 5.29. The maximum Gasteiger partial charge on any atom is 0.291 e. The molecule has 0 atom stereocenters. The summed E-state index contributed by atoms with van der Waals surface area (Å²) < 4.78 is 7.36. The smallest absolute Gasteiger partial charge is 0.291 e. The van der Waals surface area contributed by atoms with E-state index in [0.29, 0.717) is 21.9 Å². The summed E-state index contributed by atoms with van der Waals surface area (Å²) in [5, 5.41) is 4.35. The van der Waals surface area contributed by atoms with Gasteiger partial charge in [0.1, 0.15) is 5.75 Å². The van der Waals surface area contributed by atoms with Crippen LogP contribution in [-0.4, -0.2) is 26.2 Å². The summed E-state index contributed by atoms with van der Waals surface area (Å²) in [4.78, 5) is 21.6. The molecule has 0 aliphatic carbocycles. The number of pyridine rings is 1.